The van der Waals surface area contributed by atoms with Crippen molar-refractivity contribution in [1.82, 2.24) is 28.3 Å². The molecule has 12 nitrogen and oxygen atoms in total. The summed E-state index contributed by atoms with van der Waals surface area (Å²) in [5.41, 5.74) is 4.81. The molecule has 0 bridgehead atoms. The Hall–Kier alpha value is -4.10. The van der Waals surface area contributed by atoms with Gasteiger partial charge in [-0.1, -0.05) is 25.3 Å². The summed E-state index contributed by atoms with van der Waals surface area (Å²) in [7, 11) is 3.90. The minimum absolute atomic E-state index is 0.0400. The molecule has 2 saturated carbocycles. The maximum atomic E-state index is 15.1. The number of aromatic nitrogens is 1. The van der Waals surface area contributed by atoms with Crippen LogP contribution in [0.15, 0.2) is 36.4 Å². The van der Waals surface area contributed by atoms with Gasteiger partial charge < -0.3 is 24.0 Å². The number of urea groups is 1. The van der Waals surface area contributed by atoms with E-state index in [1.807, 2.05) is 35.8 Å². The van der Waals surface area contributed by atoms with Gasteiger partial charge in [-0.25, -0.2) is 9.52 Å². The molecule has 1 saturated heterocycles. The van der Waals surface area contributed by atoms with E-state index in [4.69, 9.17) is 4.74 Å². The standard InChI is InChI=1S/C38H50N6O6S/c1-23-20-42(37(47)40(3)4)21-24(2)44(23)36(46)38-19-31(38)30-18-27(50-7)14-16-28(30)34-33(25-11-9-8-10-12-25)29-15-13-26(17-32(29)43(34)22-38)35(45)39-51(48,49)41(5)6/h13-18,23-25,31H,8-12,19-22H2,1-7H3,(H,39,45)/t23-,24?,31+,38+/m1/s1. The van der Waals surface area contributed by atoms with E-state index in [1.54, 1.807) is 38.2 Å². The molecular weight excluding hydrogens is 669 g/mol. The zero-order valence-electron chi connectivity index (χ0n) is 30.7. The molecule has 3 aromatic rings. The van der Waals surface area contributed by atoms with Gasteiger partial charge in [0, 0.05) is 87.9 Å². The number of ether oxygens (including phenoxy) is 1. The van der Waals surface area contributed by atoms with Crippen LogP contribution in [0.3, 0.4) is 0 Å². The van der Waals surface area contributed by atoms with Crippen molar-refractivity contribution in [2.45, 2.75) is 82.8 Å². The lowest BCUT2D eigenvalue weighted by atomic mass is 9.81. The Morgan fingerprint density at radius 2 is 1.63 bits per heavy atom. The smallest absolute Gasteiger partial charge is 0.319 e. The van der Waals surface area contributed by atoms with Gasteiger partial charge >= 0.3 is 16.2 Å². The maximum absolute atomic E-state index is 15.1. The molecule has 3 heterocycles. The molecule has 2 aromatic carbocycles. The maximum Gasteiger partial charge on any atom is 0.319 e. The van der Waals surface area contributed by atoms with Crippen LogP contribution in [0, 0.1) is 5.41 Å². The quantitative estimate of drug-likeness (QED) is 0.383. The molecule has 274 valence electrons. The Balaban J connectivity index is 1.39. The molecular formula is C38H50N6O6S. The van der Waals surface area contributed by atoms with Gasteiger partial charge in [0.15, 0.2) is 0 Å². The number of amides is 4. The molecule has 0 spiro atoms. The predicted molar refractivity (Wildman–Crippen MR) is 196 cm³/mol. The topological polar surface area (TPSA) is 124 Å². The minimum Gasteiger partial charge on any atom is -0.497 e. The Morgan fingerprint density at radius 1 is 0.941 bits per heavy atom. The fourth-order valence-corrected chi connectivity index (χ4v) is 9.64. The number of nitrogens with one attached hydrogen (secondary N) is 1. The molecule has 4 amide bonds. The average molecular weight is 719 g/mol. The Labute approximate surface area is 300 Å². The Bertz CT molecular complexity index is 2010. The van der Waals surface area contributed by atoms with Crippen molar-refractivity contribution in [2.24, 2.45) is 5.41 Å². The van der Waals surface area contributed by atoms with Gasteiger partial charge in [-0.05, 0) is 80.5 Å². The molecule has 1 N–H and O–H groups in total. The van der Waals surface area contributed by atoms with E-state index < -0.39 is 21.5 Å². The van der Waals surface area contributed by atoms with Crippen LogP contribution < -0.4 is 9.46 Å². The predicted octanol–water partition coefficient (Wildman–Crippen LogP) is 4.99. The number of hydrogen-bond donors (Lipinski definition) is 1. The zero-order valence-corrected chi connectivity index (χ0v) is 31.5. The van der Waals surface area contributed by atoms with Gasteiger partial charge in [0.05, 0.1) is 18.2 Å². The second kappa shape index (κ2) is 12.8. The monoisotopic (exact) mass is 718 g/mol. The summed E-state index contributed by atoms with van der Waals surface area (Å²) in [6.45, 7) is 5.38. The van der Waals surface area contributed by atoms with E-state index in [0.717, 1.165) is 63.5 Å². The van der Waals surface area contributed by atoms with Crippen molar-refractivity contribution in [3.63, 3.8) is 0 Å². The van der Waals surface area contributed by atoms with E-state index in [2.05, 4.69) is 21.4 Å². The van der Waals surface area contributed by atoms with E-state index in [1.165, 1.54) is 26.1 Å². The molecule has 2 aliphatic carbocycles. The number of nitrogens with zero attached hydrogens (tertiary/aromatic N) is 5. The Kier molecular flexibility index (Phi) is 8.89. The fourth-order valence-electron chi connectivity index (χ4n) is 9.11. The summed E-state index contributed by atoms with van der Waals surface area (Å²) in [5.74, 6) is 0.385. The minimum atomic E-state index is -4.00. The number of benzene rings is 2. The largest absolute Gasteiger partial charge is 0.497 e. The third-order valence-electron chi connectivity index (χ3n) is 11.7. The number of rotatable bonds is 6. The number of piperazine rings is 1. The van der Waals surface area contributed by atoms with Crippen LogP contribution in [0.2, 0.25) is 0 Å². The Morgan fingerprint density at radius 3 is 2.25 bits per heavy atom. The molecule has 51 heavy (non-hydrogen) atoms. The van der Waals surface area contributed by atoms with Gasteiger partial charge in [0.25, 0.3) is 5.91 Å². The third-order valence-corrected chi connectivity index (χ3v) is 13.1. The lowest BCUT2D eigenvalue weighted by molar-refractivity contribution is -0.145. The van der Waals surface area contributed by atoms with Crippen molar-refractivity contribution in [1.29, 1.82) is 0 Å². The van der Waals surface area contributed by atoms with E-state index in [9.17, 15) is 18.0 Å². The van der Waals surface area contributed by atoms with Gasteiger partial charge in [-0.3, -0.25) is 9.59 Å². The van der Waals surface area contributed by atoms with Crippen LogP contribution in [0.25, 0.3) is 22.2 Å². The summed E-state index contributed by atoms with van der Waals surface area (Å²) >= 11 is 0. The van der Waals surface area contributed by atoms with E-state index in [0.29, 0.717) is 32.0 Å². The summed E-state index contributed by atoms with van der Waals surface area (Å²) in [5, 5.41) is 1.03. The number of carbonyl (C=O) groups excluding carboxylic acids is 3. The first-order valence-corrected chi connectivity index (χ1v) is 19.5. The summed E-state index contributed by atoms with van der Waals surface area (Å²) < 4.78 is 36.4. The van der Waals surface area contributed by atoms with Gasteiger partial charge in [-0.15, -0.1) is 0 Å². The molecule has 1 aromatic heterocycles. The van der Waals surface area contributed by atoms with Crippen LogP contribution in [0.4, 0.5) is 4.79 Å². The number of hydrogen-bond acceptors (Lipinski definition) is 6. The van der Waals surface area contributed by atoms with E-state index >= 15 is 4.79 Å². The molecule has 1 unspecified atom stereocenters. The first-order valence-electron chi connectivity index (χ1n) is 18.1. The SMILES string of the molecule is COc1ccc2c(c1)[C@@H]1C[C@]1(C(=O)N1C(C)CN(C(=O)N(C)C)C[C@H]1C)Cn1c-2c(C2CCCCC2)c2ccc(C(=O)NS(=O)(=O)N(C)C)cc21. The van der Waals surface area contributed by atoms with Crippen LogP contribution in [-0.2, 0) is 21.5 Å². The lowest BCUT2D eigenvalue weighted by Crippen LogP contribution is -2.62. The first-order chi connectivity index (χ1) is 24.2. The normalized spacial score (nSPS) is 24.7. The number of methoxy groups -OCH3 is 1. The second-order valence-corrected chi connectivity index (χ2v) is 17.4. The average Bonchev–Trinajstić information content (AvgIpc) is 3.77. The summed E-state index contributed by atoms with van der Waals surface area (Å²) in [6.07, 6.45) is 6.25. The molecule has 0 radical (unpaired) electrons. The van der Waals surface area contributed by atoms with Crippen LogP contribution in [0.5, 0.6) is 5.75 Å². The van der Waals surface area contributed by atoms with Gasteiger partial charge in [0.1, 0.15) is 5.75 Å². The highest BCUT2D eigenvalue weighted by Crippen LogP contribution is 2.66. The highest BCUT2D eigenvalue weighted by atomic mass is 32.2. The molecule has 13 heteroatoms. The van der Waals surface area contributed by atoms with Crippen LogP contribution >= 0.6 is 0 Å². The molecule has 7 rings (SSSR count). The highest BCUT2D eigenvalue weighted by Gasteiger charge is 2.65. The zero-order chi connectivity index (χ0) is 36.6. The van der Waals surface area contributed by atoms with Crippen LogP contribution in [-0.4, -0.2) is 110 Å². The van der Waals surface area contributed by atoms with Crippen molar-refractivity contribution in [3.05, 3.63) is 53.1 Å². The molecule has 2 aliphatic heterocycles. The van der Waals surface area contributed by atoms with Crippen molar-refractivity contribution < 1.29 is 27.5 Å². The summed E-state index contributed by atoms with van der Waals surface area (Å²) in [6, 6.07) is 11.3. The third kappa shape index (κ3) is 5.86. The van der Waals surface area contributed by atoms with Crippen molar-refractivity contribution >= 4 is 39.0 Å². The van der Waals surface area contributed by atoms with Crippen LogP contribution in [0.1, 0.15) is 85.7 Å². The summed E-state index contributed by atoms with van der Waals surface area (Å²) in [4.78, 5) is 46.9. The van der Waals surface area contributed by atoms with Gasteiger partial charge in [-0.2, -0.15) is 12.7 Å². The molecule has 4 atom stereocenters. The van der Waals surface area contributed by atoms with Gasteiger partial charge in [0.2, 0.25) is 5.91 Å². The molecule has 4 aliphatic rings. The number of fused-ring (bicyclic) bond motifs is 7. The van der Waals surface area contributed by atoms with Crippen molar-refractivity contribution in [2.75, 3.05) is 48.4 Å². The molecule has 3 fully saturated rings. The lowest BCUT2D eigenvalue weighted by Gasteiger charge is -2.46. The van der Waals surface area contributed by atoms with E-state index in [-0.39, 0.29) is 35.5 Å². The fraction of sp³-hybridized carbons (Fsp3) is 0.553. The second-order valence-electron chi connectivity index (χ2n) is 15.5. The first kappa shape index (κ1) is 35.3. The number of carbonyl (C=O) groups is 3. The highest BCUT2D eigenvalue weighted by molar-refractivity contribution is 7.87. The van der Waals surface area contributed by atoms with Crippen molar-refractivity contribution in [3.8, 4) is 17.0 Å².